The van der Waals surface area contributed by atoms with Gasteiger partial charge in [-0.2, -0.15) is 0 Å². The Kier molecular flexibility index (Phi) is 3.44. The number of anilines is 1. The Labute approximate surface area is 89.0 Å². The molecule has 0 unspecified atom stereocenters. The summed E-state index contributed by atoms with van der Waals surface area (Å²) in [5.74, 6) is 0. The van der Waals surface area contributed by atoms with E-state index in [0.717, 1.165) is 23.0 Å². The summed E-state index contributed by atoms with van der Waals surface area (Å²) in [6.45, 7) is 1.98. The predicted molar refractivity (Wildman–Crippen MR) is 61.5 cm³/mol. The van der Waals surface area contributed by atoms with Crippen molar-refractivity contribution in [2.45, 2.75) is 6.92 Å². The second kappa shape index (κ2) is 4.59. The van der Waals surface area contributed by atoms with Crippen LogP contribution in [0.3, 0.4) is 0 Å². The van der Waals surface area contributed by atoms with Crippen molar-refractivity contribution in [1.29, 1.82) is 0 Å². The molecule has 80 valence electrons. The fourth-order valence-corrected chi connectivity index (χ4v) is 1.43. The highest BCUT2D eigenvalue weighted by molar-refractivity contribution is 5.59. The van der Waals surface area contributed by atoms with Crippen LogP contribution in [0.2, 0.25) is 0 Å². The summed E-state index contributed by atoms with van der Waals surface area (Å²) in [5.41, 5.74) is 3.06. The number of nitrogens with zero attached hydrogens (tertiary/aromatic N) is 2. The lowest BCUT2D eigenvalue weighted by Crippen LogP contribution is -2.09. The van der Waals surface area contributed by atoms with E-state index in [9.17, 15) is 10.1 Å². The van der Waals surface area contributed by atoms with Crippen molar-refractivity contribution >= 4 is 11.8 Å². The molecule has 0 aromatic heterocycles. The molecule has 0 saturated carbocycles. The number of rotatable bonds is 3. The minimum absolute atomic E-state index is 0.463. The molecule has 0 aliphatic heterocycles. The largest absolute Gasteiger partial charge is 0.377 e. The maximum atomic E-state index is 10.1. The van der Waals surface area contributed by atoms with Crippen LogP contribution in [0, 0.1) is 17.0 Å². The van der Waals surface area contributed by atoms with Gasteiger partial charge in [-0.3, -0.25) is 10.1 Å². The SMILES string of the molecule is Cc1cc(C=C[N+](=O)[O-])ccc1N(C)C. The van der Waals surface area contributed by atoms with Crippen LogP contribution in [0.15, 0.2) is 24.4 Å². The fourth-order valence-electron chi connectivity index (χ4n) is 1.43. The Hall–Kier alpha value is -1.84. The zero-order chi connectivity index (χ0) is 11.4. The molecule has 0 saturated heterocycles. The summed E-state index contributed by atoms with van der Waals surface area (Å²) in [5, 5.41) is 10.1. The van der Waals surface area contributed by atoms with Gasteiger partial charge in [0, 0.05) is 25.9 Å². The molecule has 0 amide bonds. The van der Waals surface area contributed by atoms with Crippen LogP contribution in [0.4, 0.5) is 5.69 Å². The van der Waals surface area contributed by atoms with Gasteiger partial charge >= 0.3 is 0 Å². The zero-order valence-corrected chi connectivity index (χ0v) is 9.10. The Balaban J connectivity index is 2.96. The van der Waals surface area contributed by atoms with Crippen molar-refractivity contribution < 1.29 is 4.92 Å². The van der Waals surface area contributed by atoms with Crippen LogP contribution in [0.25, 0.3) is 6.08 Å². The van der Waals surface area contributed by atoms with Crippen molar-refractivity contribution in [3.05, 3.63) is 45.6 Å². The van der Waals surface area contributed by atoms with Gasteiger partial charge in [0.25, 0.3) is 0 Å². The van der Waals surface area contributed by atoms with Crippen LogP contribution in [-0.2, 0) is 0 Å². The minimum atomic E-state index is -0.463. The number of hydrogen-bond donors (Lipinski definition) is 0. The van der Waals surface area contributed by atoms with Crippen molar-refractivity contribution in [3.63, 3.8) is 0 Å². The Morgan fingerprint density at radius 1 is 1.40 bits per heavy atom. The molecule has 0 spiro atoms. The van der Waals surface area contributed by atoms with E-state index in [-0.39, 0.29) is 0 Å². The van der Waals surface area contributed by atoms with E-state index in [4.69, 9.17) is 0 Å². The Bertz CT molecular complexity index is 398. The van der Waals surface area contributed by atoms with Crippen LogP contribution in [0.5, 0.6) is 0 Å². The molecule has 1 aromatic rings. The zero-order valence-electron chi connectivity index (χ0n) is 9.10. The van der Waals surface area contributed by atoms with Crippen LogP contribution >= 0.6 is 0 Å². The molecule has 1 aromatic carbocycles. The molecule has 0 heterocycles. The smallest absolute Gasteiger partial charge is 0.235 e. The number of benzene rings is 1. The molecule has 1 rings (SSSR count). The van der Waals surface area contributed by atoms with Gasteiger partial charge in [-0.25, -0.2) is 0 Å². The van der Waals surface area contributed by atoms with Crippen molar-refractivity contribution in [3.8, 4) is 0 Å². The molecule has 0 aliphatic rings. The molecule has 0 bridgehead atoms. The lowest BCUT2D eigenvalue weighted by atomic mass is 10.1. The fraction of sp³-hybridized carbons (Fsp3) is 0.273. The maximum Gasteiger partial charge on any atom is 0.235 e. The second-order valence-electron chi connectivity index (χ2n) is 3.54. The molecular formula is C11H14N2O2. The molecule has 4 nitrogen and oxygen atoms in total. The van der Waals surface area contributed by atoms with Crippen LogP contribution in [0.1, 0.15) is 11.1 Å². The van der Waals surface area contributed by atoms with Gasteiger partial charge in [0.15, 0.2) is 0 Å². The standard InChI is InChI=1S/C11H14N2O2/c1-9-8-10(6-7-13(14)15)4-5-11(9)12(2)3/h4-8H,1-3H3. The lowest BCUT2D eigenvalue weighted by molar-refractivity contribution is -0.400. The quantitative estimate of drug-likeness (QED) is 0.563. The molecule has 0 fully saturated rings. The van der Waals surface area contributed by atoms with E-state index < -0.39 is 4.92 Å². The number of nitro groups is 1. The van der Waals surface area contributed by atoms with Gasteiger partial charge in [-0.1, -0.05) is 6.07 Å². The van der Waals surface area contributed by atoms with Gasteiger partial charge in [-0.15, -0.1) is 0 Å². The molecule has 0 aliphatic carbocycles. The number of aryl methyl sites for hydroxylation is 1. The molecule has 0 atom stereocenters. The summed E-state index contributed by atoms with van der Waals surface area (Å²) in [6, 6.07) is 5.74. The maximum absolute atomic E-state index is 10.1. The average molecular weight is 206 g/mol. The summed E-state index contributed by atoms with van der Waals surface area (Å²) >= 11 is 0. The van der Waals surface area contributed by atoms with Crippen molar-refractivity contribution in [2.24, 2.45) is 0 Å². The van der Waals surface area contributed by atoms with E-state index >= 15 is 0 Å². The van der Waals surface area contributed by atoms with Crippen LogP contribution < -0.4 is 4.90 Å². The first kappa shape index (κ1) is 11.2. The Morgan fingerprint density at radius 3 is 2.53 bits per heavy atom. The van der Waals surface area contributed by atoms with E-state index in [1.165, 1.54) is 6.08 Å². The van der Waals surface area contributed by atoms with E-state index in [1.54, 1.807) is 0 Å². The van der Waals surface area contributed by atoms with Gasteiger partial charge in [-0.05, 0) is 30.2 Å². The molecular weight excluding hydrogens is 192 g/mol. The Morgan fingerprint density at radius 2 is 2.07 bits per heavy atom. The highest BCUT2D eigenvalue weighted by Crippen LogP contribution is 2.19. The average Bonchev–Trinajstić information content (AvgIpc) is 2.14. The molecule has 0 radical (unpaired) electrons. The van der Waals surface area contributed by atoms with Gasteiger partial charge in [0.05, 0.1) is 4.92 Å². The third kappa shape index (κ3) is 3.09. The summed E-state index contributed by atoms with van der Waals surface area (Å²) in [6.07, 6.45) is 2.44. The normalized spacial score (nSPS) is 10.6. The second-order valence-corrected chi connectivity index (χ2v) is 3.54. The predicted octanol–water partition coefficient (Wildman–Crippen LogP) is 2.31. The van der Waals surface area contributed by atoms with Crippen molar-refractivity contribution in [2.75, 3.05) is 19.0 Å². The lowest BCUT2D eigenvalue weighted by Gasteiger charge is -2.15. The molecule has 15 heavy (non-hydrogen) atoms. The first-order valence-corrected chi connectivity index (χ1v) is 4.60. The summed E-state index contributed by atoms with van der Waals surface area (Å²) in [4.78, 5) is 11.7. The van der Waals surface area contributed by atoms with E-state index in [2.05, 4.69) is 0 Å². The van der Waals surface area contributed by atoms with Gasteiger partial charge < -0.3 is 4.90 Å². The first-order chi connectivity index (χ1) is 7.00. The van der Waals surface area contributed by atoms with Gasteiger partial charge in [0.2, 0.25) is 6.20 Å². The third-order valence-corrected chi connectivity index (χ3v) is 2.09. The number of hydrogen-bond acceptors (Lipinski definition) is 3. The highest BCUT2D eigenvalue weighted by atomic mass is 16.6. The first-order valence-electron chi connectivity index (χ1n) is 4.60. The van der Waals surface area contributed by atoms with E-state index in [0.29, 0.717) is 0 Å². The van der Waals surface area contributed by atoms with E-state index in [1.807, 2.05) is 44.1 Å². The topological polar surface area (TPSA) is 46.4 Å². The third-order valence-electron chi connectivity index (χ3n) is 2.09. The highest BCUT2D eigenvalue weighted by Gasteiger charge is 2.00. The minimum Gasteiger partial charge on any atom is -0.377 e. The summed E-state index contributed by atoms with van der Waals surface area (Å²) in [7, 11) is 3.93. The van der Waals surface area contributed by atoms with Crippen molar-refractivity contribution in [1.82, 2.24) is 0 Å². The monoisotopic (exact) mass is 206 g/mol. The molecule has 4 heteroatoms. The molecule has 0 N–H and O–H groups in total. The van der Waals surface area contributed by atoms with Crippen LogP contribution in [-0.4, -0.2) is 19.0 Å². The van der Waals surface area contributed by atoms with Gasteiger partial charge in [0.1, 0.15) is 0 Å². The summed E-state index contributed by atoms with van der Waals surface area (Å²) < 4.78 is 0.